The van der Waals surface area contributed by atoms with Crippen LogP contribution in [0.2, 0.25) is 0 Å². The van der Waals surface area contributed by atoms with Gasteiger partial charge in [-0.1, -0.05) is 13.8 Å². The van der Waals surface area contributed by atoms with Gasteiger partial charge in [0, 0.05) is 13.1 Å². The van der Waals surface area contributed by atoms with Crippen molar-refractivity contribution in [2.24, 2.45) is 11.8 Å². The summed E-state index contributed by atoms with van der Waals surface area (Å²) in [5.74, 6) is 1.60. The summed E-state index contributed by atoms with van der Waals surface area (Å²) in [6.45, 7) is 7.77. The standard InChI is InChI=1S/C11H21N3/c1-9-4-5-14(7-10(9)2)8-11(6-12)13-3/h9-11,13H,4-5,7-8H2,1-3H3. The zero-order valence-corrected chi connectivity index (χ0v) is 9.45. The van der Waals surface area contributed by atoms with E-state index in [0.29, 0.717) is 0 Å². The molecule has 0 aromatic carbocycles. The van der Waals surface area contributed by atoms with Crippen LogP contribution in [0.1, 0.15) is 20.3 Å². The van der Waals surface area contributed by atoms with Crippen LogP contribution in [-0.2, 0) is 0 Å². The van der Waals surface area contributed by atoms with Gasteiger partial charge in [-0.3, -0.25) is 0 Å². The van der Waals surface area contributed by atoms with Crippen molar-refractivity contribution in [3.63, 3.8) is 0 Å². The molecule has 0 aromatic rings. The quantitative estimate of drug-likeness (QED) is 0.732. The fourth-order valence-electron chi connectivity index (χ4n) is 1.97. The molecule has 80 valence electrons. The van der Waals surface area contributed by atoms with Crippen LogP contribution in [0.25, 0.3) is 0 Å². The maximum atomic E-state index is 8.84. The molecule has 1 aliphatic rings. The number of nitrogens with zero attached hydrogens (tertiary/aromatic N) is 2. The Labute approximate surface area is 87.1 Å². The topological polar surface area (TPSA) is 39.1 Å². The molecular formula is C11H21N3. The molecule has 1 saturated heterocycles. The van der Waals surface area contributed by atoms with Crippen LogP contribution in [0.15, 0.2) is 0 Å². The van der Waals surface area contributed by atoms with E-state index in [-0.39, 0.29) is 6.04 Å². The van der Waals surface area contributed by atoms with Crippen molar-refractivity contribution in [1.29, 1.82) is 5.26 Å². The summed E-state index contributed by atoms with van der Waals surface area (Å²) in [7, 11) is 1.85. The van der Waals surface area contributed by atoms with Crippen LogP contribution in [-0.4, -0.2) is 37.6 Å². The number of likely N-dealkylation sites (tertiary alicyclic amines) is 1. The summed E-state index contributed by atoms with van der Waals surface area (Å²) >= 11 is 0. The van der Waals surface area contributed by atoms with Gasteiger partial charge in [0.1, 0.15) is 6.04 Å². The SMILES string of the molecule is CNC(C#N)CN1CCC(C)C(C)C1. The largest absolute Gasteiger partial charge is 0.304 e. The summed E-state index contributed by atoms with van der Waals surface area (Å²) in [4.78, 5) is 2.40. The van der Waals surface area contributed by atoms with Crippen LogP contribution < -0.4 is 5.32 Å². The van der Waals surface area contributed by atoms with Gasteiger partial charge < -0.3 is 10.2 Å². The van der Waals surface area contributed by atoms with Crippen molar-refractivity contribution in [1.82, 2.24) is 10.2 Å². The van der Waals surface area contributed by atoms with E-state index in [1.165, 1.54) is 6.42 Å². The first-order valence-electron chi connectivity index (χ1n) is 5.46. The van der Waals surface area contributed by atoms with Gasteiger partial charge >= 0.3 is 0 Å². The van der Waals surface area contributed by atoms with E-state index in [9.17, 15) is 0 Å². The smallest absolute Gasteiger partial charge is 0.108 e. The lowest BCUT2D eigenvalue weighted by molar-refractivity contribution is 0.134. The number of piperidine rings is 1. The average Bonchev–Trinajstić information content (AvgIpc) is 2.19. The highest BCUT2D eigenvalue weighted by Crippen LogP contribution is 2.22. The number of nitriles is 1. The molecule has 3 nitrogen and oxygen atoms in total. The Hall–Kier alpha value is -0.590. The van der Waals surface area contributed by atoms with Crippen molar-refractivity contribution >= 4 is 0 Å². The van der Waals surface area contributed by atoms with Crippen LogP contribution in [0.5, 0.6) is 0 Å². The number of rotatable bonds is 3. The number of likely N-dealkylation sites (N-methyl/N-ethyl adjacent to an activating group) is 1. The van der Waals surface area contributed by atoms with Gasteiger partial charge in [-0.05, 0) is 31.8 Å². The minimum atomic E-state index is -0.0180. The molecule has 14 heavy (non-hydrogen) atoms. The molecule has 0 amide bonds. The Kier molecular flexibility index (Phi) is 4.37. The normalized spacial score (nSPS) is 31.0. The lowest BCUT2D eigenvalue weighted by Gasteiger charge is -2.36. The summed E-state index contributed by atoms with van der Waals surface area (Å²) in [5.41, 5.74) is 0. The monoisotopic (exact) mass is 195 g/mol. The summed E-state index contributed by atoms with van der Waals surface area (Å²) < 4.78 is 0. The minimum Gasteiger partial charge on any atom is -0.304 e. The molecule has 1 rings (SSSR count). The first-order valence-corrected chi connectivity index (χ1v) is 5.46. The number of hydrogen-bond acceptors (Lipinski definition) is 3. The molecule has 1 aliphatic heterocycles. The third-order valence-corrected chi connectivity index (χ3v) is 3.36. The first-order chi connectivity index (χ1) is 6.67. The maximum absolute atomic E-state index is 8.84. The van der Waals surface area contributed by atoms with E-state index >= 15 is 0 Å². The first kappa shape index (κ1) is 11.5. The lowest BCUT2D eigenvalue weighted by atomic mass is 9.88. The predicted octanol–water partition coefficient (Wildman–Crippen LogP) is 1.08. The summed E-state index contributed by atoms with van der Waals surface area (Å²) in [6, 6.07) is 2.25. The Bertz CT molecular complexity index is 209. The van der Waals surface area contributed by atoms with Crippen molar-refractivity contribution in [2.45, 2.75) is 26.3 Å². The van der Waals surface area contributed by atoms with Gasteiger partial charge in [-0.25, -0.2) is 0 Å². The molecular weight excluding hydrogens is 174 g/mol. The third-order valence-electron chi connectivity index (χ3n) is 3.36. The Morgan fingerprint density at radius 3 is 2.71 bits per heavy atom. The highest BCUT2D eigenvalue weighted by Gasteiger charge is 2.23. The molecule has 1 N–H and O–H groups in total. The van der Waals surface area contributed by atoms with Crippen molar-refractivity contribution in [2.75, 3.05) is 26.7 Å². The molecule has 0 bridgehead atoms. The van der Waals surface area contributed by atoms with Crippen LogP contribution in [0, 0.1) is 23.2 Å². The van der Waals surface area contributed by atoms with Crippen molar-refractivity contribution in [3.05, 3.63) is 0 Å². The second-order valence-corrected chi connectivity index (χ2v) is 4.47. The summed E-state index contributed by atoms with van der Waals surface area (Å²) in [5, 5.41) is 11.9. The van der Waals surface area contributed by atoms with E-state index in [4.69, 9.17) is 5.26 Å². The van der Waals surface area contributed by atoms with E-state index in [2.05, 4.69) is 30.1 Å². The van der Waals surface area contributed by atoms with Crippen molar-refractivity contribution in [3.8, 4) is 6.07 Å². The Morgan fingerprint density at radius 2 is 2.21 bits per heavy atom. The second-order valence-electron chi connectivity index (χ2n) is 4.47. The zero-order valence-electron chi connectivity index (χ0n) is 9.45. The number of hydrogen-bond donors (Lipinski definition) is 1. The van der Waals surface area contributed by atoms with Crippen LogP contribution in [0.3, 0.4) is 0 Å². The van der Waals surface area contributed by atoms with E-state index in [1.807, 2.05) is 7.05 Å². The molecule has 0 radical (unpaired) electrons. The average molecular weight is 195 g/mol. The second kappa shape index (κ2) is 5.33. The highest BCUT2D eigenvalue weighted by atomic mass is 15.2. The molecule has 0 saturated carbocycles. The van der Waals surface area contributed by atoms with E-state index in [1.54, 1.807) is 0 Å². The molecule has 0 aromatic heterocycles. The van der Waals surface area contributed by atoms with Gasteiger partial charge in [0.2, 0.25) is 0 Å². The van der Waals surface area contributed by atoms with E-state index in [0.717, 1.165) is 31.5 Å². The Balaban J connectivity index is 2.36. The highest BCUT2D eigenvalue weighted by molar-refractivity contribution is 4.92. The van der Waals surface area contributed by atoms with Crippen molar-refractivity contribution < 1.29 is 0 Å². The molecule has 3 atom stereocenters. The molecule has 0 aliphatic carbocycles. The van der Waals surface area contributed by atoms with Crippen LogP contribution >= 0.6 is 0 Å². The Morgan fingerprint density at radius 1 is 1.50 bits per heavy atom. The lowest BCUT2D eigenvalue weighted by Crippen LogP contribution is -2.45. The number of nitrogens with one attached hydrogen (secondary N) is 1. The minimum absolute atomic E-state index is 0.0180. The fourth-order valence-corrected chi connectivity index (χ4v) is 1.97. The molecule has 3 heteroatoms. The summed E-state index contributed by atoms with van der Waals surface area (Å²) in [6.07, 6.45) is 1.27. The molecule has 3 unspecified atom stereocenters. The predicted molar refractivity (Wildman–Crippen MR) is 57.8 cm³/mol. The maximum Gasteiger partial charge on any atom is 0.108 e. The van der Waals surface area contributed by atoms with Gasteiger partial charge in [0.15, 0.2) is 0 Å². The van der Waals surface area contributed by atoms with E-state index < -0.39 is 0 Å². The fraction of sp³-hybridized carbons (Fsp3) is 0.909. The zero-order chi connectivity index (χ0) is 10.6. The molecule has 1 heterocycles. The van der Waals surface area contributed by atoms with Gasteiger partial charge in [0.05, 0.1) is 6.07 Å². The van der Waals surface area contributed by atoms with Crippen LogP contribution in [0.4, 0.5) is 0 Å². The third kappa shape index (κ3) is 2.97. The van der Waals surface area contributed by atoms with Gasteiger partial charge in [-0.2, -0.15) is 5.26 Å². The molecule has 0 spiro atoms. The molecule has 1 fully saturated rings. The van der Waals surface area contributed by atoms with Gasteiger partial charge in [-0.15, -0.1) is 0 Å². The van der Waals surface area contributed by atoms with Gasteiger partial charge in [0.25, 0.3) is 0 Å².